The molecule has 3 aromatic rings. The molecule has 0 saturated carbocycles. The number of anilines is 1. The van der Waals surface area contributed by atoms with Gasteiger partial charge >= 0.3 is 5.92 Å². The molecule has 0 aliphatic heterocycles. The Hall–Kier alpha value is -3.11. The third-order valence-electron chi connectivity index (χ3n) is 5.53. The fourth-order valence-corrected chi connectivity index (χ4v) is 3.58. The van der Waals surface area contributed by atoms with Crippen molar-refractivity contribution in [2.24, 2.45) is 0 Å². The average molecular weight is 513 g/mol. The molecule has 1 aromatic heterocycles. The summed E-state index contributed by atoms with van der Waals surface area (Å²) >= 11 is 0. The number of benzene rings is 2. The van der Waals surface area contributed by atoms with E-state index in [0.29, 0.717) is 5.39 Å². The summed E-state index contributed by atoms with van der Waals surface area (Å²) in [7, 11) is 1.44. The lowest BCUT2D eigenvalue weighted by Crippen LogP contribution is -2.41. The van der Waals surface area contributed by atoms with Gasteiger partial charge in [0.1, 0.15) is 29.7 Å². The van der Waals surface area contributed by atoms with Gasteiger partial charge < -0.3 is 24.6 Å². The Morgan fingerprint density at radius 1 is 1.17 bits per heavy atom. The number of rotatable bonds is 11. The Kier molecular flexibility index (Phi) is 6.35. The normalized spacial score (nSPS) is 15.9. The van der Waals surface area contributed by atoms with Gasteiger partial charge in [0.25, 0.3) is 0 Å². The van der Waals surface area contributed by atoms with E-state index in [9.17, 15) is 13.9 Å². The van der Waals surface area contributed by atoms with Crippen molar-refractivity contribution < 1.29 is 39.3 Å². The molecule has 0 aliphatic carbocycles. The van der Waals surface area contributed by atoms with E-state index in [1.165, 1.54) is 38.3 Å². The Morgan fingerprint density at radius 2 is 1.89 bits per heavy atom. The third-order valence-corrected chi connectivity index (χ3v) is 5.53. The number of aliphatic hydroxyl groups is 1. The molecule has 0 unspecified atom stereocenters. The number of hydrogen-bond acceptors (Lipinski definition) is 7. The predicted molar refractivity (Wildman–Crippen MR) is 131 cm³/mol. The maximum Gasteiger partial charge on any atom is 0.303 e. The number of halogens is 3. The number of hydrogen-bond donors (Lipinski definition) is 2. The topological polar surface area (TPSA) is 85.7 Å². The molecule has 1 atom stereocenters. The molecule has 3 rings (SSSR count). The second kappa shape index (κ2) is 10.9. The molecule has 0 fully saturated rings. The fraction of sp³-hybridized carbons (Fsp3) is 0.462. The van der Waals surface area contributed by atoms with Crippen molar-refractivity contribution in [3.63, 3.8) is 0 Å². The van der Waals surface area contributed by atoms with Crippen molar-refractivity contribution in [3.8, 4) is 11.5 Å². The molecular formula is C26H32F3N3O4. The summed E-state index contributed by atoms with van der Waals surface area (Å²) in [6.45, 7) is -1.14. The van der Waals surface area contributed by atoms with Crippen LogP contribution < -0.4 is 14.8 Å². The van der Waals surface area contributed by atoms with E-state index in [1.807, 2.05) is 0 Å². The number of fused-ring (bicyclic) bond motifs is 1. The van der Waals surface area contributed by atoms with Crippen molar-refractivity contribution in [1.82, 2.24) is 9.97 Å². The van der Waals surface area contributed by atoms with Crippen LogP contribution in [0, 0.1) is 12.7 Å². The van der Waals surface area contributed by atoms with Gasteiger partial charge in [0.05, 0.1) is 33.0 Å². The molecule has 0 amide bonds. The van der Waals surface area contributed by atoms with E-state index in [4.69, 9.17) is 21.1 Å². The molecule has 10 heteroatoms. The molecule has 0 saturated heterocycles. The highest BCUT2D eigenvalue weighted by atomic mass is 19.3. The minimum atomic E-state index is -3.88. The largest absolute Gasteiger partial charge is 0.490 e. The van der Waals surface area contributed by atoms with Crippen LogP contribution in [0.1, 0.15) is 57.5 Å². The quantitative estimate of drug-likeness (QED) is 0.327. The molecular weight excluding hydrogens is 475 g/mol. The Morgan fingerprint density at radius 3 is 2.56 bits per heavy atom. The highest BCUT2D eigenvalue weighted by molar-refractivity contribution is 5.92. The van der Waals surface area contributed by atoms with Crippen LogP contribution in [-0.2, 0) is 10.7 Å². The summed E-state index contributed by atoms with van der Waals surface area (Å²) in [4.78, 5) is 8.69. The number of aryl methyl sites for hydroxylation is 1. The molecule has 7 nitrogen and oxygen atoms in total. The lowest BCUT2D eigenvalue weighted by atomic mass is 9.91. The highest BCUT2D eigenvalue weighted by Gasteiger charge is 2.49. The van der Waals surface area contributed by atoms with Gasteiger partial charge in [0.2, 0.25) is 0 Å². The molecule has 0 spiro atoms. The van der Waals surface area contributed by atoms with E-state index < -0.39 is 42.4 Å². The monoisotopic (exact) mass is 512 g/mol. The summed E-state index contributed by atoms with van der Waals surface area (Å²) in [5, 5.41) is 13.3. The van der Waals surface area contributed by atoms with Gasteiger partial charge in [-0.2, -0.15) is 8.78 Å². The van der Waals surface area contributed by atoms with E-state index in [0.717, 1.165) is 19.9 Å². The van der Waals surface area contributed by atoms with E-state index in [2.05, 4.69) is 15.3 Å². The second-order valence-electron chi connectivity index (χ2n) is 8.69. The summed E-state index contributed by atoms with van der Waals surface area (Å²) in [5.74, 6) is -4.94. The number of aromatic nitrogens is 2. The minimum Gasteiger partial charge on any atom is -0.490 e. The van der Waals surface area contributed by atoms with Crippen LogP contribution in [0.15, 0.2) is 30.3 Å². The lowest BCUT2D eigenvalue weighted by molar-refractivity contribution is -0.170. The number of nitrogens with zero attached hydrogens (tertiary/aromatic N) is 2. The van der Waals surface area contributed by atoms with Crippen molar-refractivity contribution in [2.45, 2.75) is 52.1 Å². The maximum atomic E-state index is 15.4. The Labute approximate surface area is 215 Å². The fourth-order valence-electron chi connectivity index (χ4n) is 3.58. The van der Waals surface area contributed by atoms with E-state index in [1.54, 1.807) is 6.92 Å². The van der Waals surface area contributed by atoms with Gasteiger partial charge in [0.15, 0.2) is 11.5 Å². The average Bonchev–Trinajstić information content (AvgIpc) is 2.83. The zero-order valence-electron chi connectivity index (χ0n) is 25.6. The third kappa shape index (κ3) is 5.65. The first-order valence-corrected chi connectivity index (χ1v) is 11.1. The van der Waals surface area contributed by atoms with Crippen molar-refractivity contribution in [2.75, 3.05) is 32.2 Å². The van der Waals surface area contributed by atoms with Crippen LogP contribution >= 0.6 is 0 Å². The predicted octanol–water partition coefficient (Wildman–Crippen LogP) is 5.54. The smallest absolute Gasteiger partial charge is 0.303 e. The molecule has 0 aliphatic rings. The van der Waals surface area contributed by atoms with Gasteiger partial charge in [-0.1, -0.05) is 12.1 Å². The van der Waals surface area contributed by atoms with Crippen molar-refractivity contribution in [1.29, 1.82) is 0 Å². The Balaban J connectivity index is 2.09. The van der Waals surface area contributed by atoms with Gasteiger partial charge in [-0.05, 0) is 46.7 Å². The zero-order valence-corrected chi connectivity index (χ0v) is 20.6. The van der Waals surface area contributed by atoms with Crippen LogP contribution in [0.2, 0.25) is 0 Å². The molecule has 0 bridgehead atoms. The lowest BCUT2D eigenvalue weighted by Gasteiger charge is -2.30. The van der Waals surface area contributed by atoms with Gasteiger partial charge in [-0.25, -0.2) is 14.4 Å². The van der Waals surface area contributed by atoms with Gasteiger partial charge in [-0.3, -0.25) is 0 Å². The van der Waals surface area contributed by atoms with Crippen molar-refractivity contribution in [3.05, 3.63) is 53.1 Å². The summed E-state index contributed by atoms with van der Waals surface area (Å²) in [6.07, 6.45) is 0. The van der Waals surface area contributed by atoms with Crippen LogP contribution in [0.4, 0.5) is 19.0 Å². The van der Waals surface area contributed by atoms with E-state index >= 15 is 4.39 Å². The molecule has 2 aromatic carbocycles. The van der Waals surface area contributed by atoms with Crippen LogP contribution in [0.3, 0.4) is 0 Å². The number of methoxy groups -OCH3 is 1. The first kappa shape index (κ1) is 21.0. The molecule has 1 heterocycles. The van der Waals surface area contributed by atoms with Gasteiger partial charge in [-0.15, -0.1) is 0 Å². The van der Waals surface area contributed by atoms with Crippen molar-refractivity contribution >= 4 is 16.7 Å². The SMILES string of the molecule is [2H]C([2H])([2H])C([2H])([2H])Oc1cc2nc(C)nc(N[C@H](C)c3cccc(C(F)(F)C(C)(C)O)c3F)c2cc1OCCOC. The second-order valence-corrected chi connectivity index (χ2v) is 8.69. The van der Waals surface area contributed by atoms with E-state index in [-0.39, 0.29) is 47.4 Å². The number of ether oxygens (including phenoxy) is 3. The van der Waals surface area contributed by atoms with Crippen LogP contribution in [0.5, 0.6) is 11.5 Å². The van der Waals surface area contributed by atoms with Crippen LogP contribution in [-0.4, -0.2) is 47.6 Å². The standard InChI is InChI=1S/C26H32F3N3O4/c1-7-35-22-14-20-18(13-21(22)36-12-11-34-6)24(32-16(3)31-20)30-15(2)17-9-8-10-19(23(17)27)26(28,29)25(4,5)33/h8-10,13-15,33H,7,11-12H2,1-6H3,(H,30,31,32)/t15-/m1/s1/i1D3,7D2. The highest BCUT2D eigenvalue weighted by Crippen LogP contribution is 2.41. The first-order valence-electron chi connectivity index (χ1n) is 13.6. The molecule has 36 heavy (non-hydrogen) atoms. The summed E-state index contributed by atoms with van der Waals surface area (Å²) in [6, 6.07) is 5.30. The number of nitrogens with one attached hydrogen (secondary N) is 1. The van der Waals surface area contributed by atoms with Gasteiger partial charge in [0, 0.05) is 28.2 Å². The minimum absolute atomic E-state index is 0.00837. The molecule has 196 valence electrons. The number of alkyl halides is 2. The maximum absolute atomic E-state index is 15.4. The first-order chi connectivity index (χ1) is 18.8. The Bertz CT molecular complexity index is 1400. The summed E-state index contributed by atoms with van der Waals surface area (Å²) < 4.78 is 99.1. The molecule has 2 N–H and O–H groups in total. The molecule has 0 radical (unpaired) electrons. The zero-order chi connectivity index (χ0) is 31.0. The van der Waals surface area contributed by atoms with Crippen LogP contribution in [0.25, 0.3) is 10.9 Å². The summed E-state index contributed by atoms with van der Waals surface area (Å²) in [5.41, 5.74) is -3.38.